The summed E-state index contributed by atoms with van der Waals surface area (Å²) in [5, 5.41) is 19.8. The number of halogens is 1. The second-order valence-electron chi connectivity index (χ2n) is 16.4. The summed E-state index contributed by atoms with van der Waals surface area (Å²) in [6.07, 6.45) is 6.13. The molecule has 1 N–H and O–H groups in total. The highest BCUT2D eigenvalue weighted by Gasteiger charge is 2.69. The minimum Gasteiger partial charge on any atom is -0.502 e. The van der Waals surface area contributed by atoms with Gasteiger partial charge in [-0.05, 0) is 109 Å². The van der Waals surface area contributed by atoms with Gasteiger partial charge >= 0.3 is 0 Å². The molecule has 5 aromatic rings. The van der Waals surface area contributed by atoms with Crippen molar-refractivity contribution in [1.29, 1.82) is 0 Å². The van der Waals surface area contributed by atoms with Crippen LogP contribution in [0.2, 0.25) is 5.02 Å². The Labute approximate surface area is 369 Å². The Hall–Kier alpha value is -7.05. The first-order valence-corrected chi connectivity index (χ1v) is 21.0. The van der Waals surface area contributed by atoms with E-state index in [1.165, 1.54) is 24.0 Å². The predicted octanol–water partition coefficient (Wildman–Crippen LogP) is 9.46. The zero-order chi connectivity index (χ0) is 44.2. The number of hydrogen-bond acceptors (Lipinski definition) is 10. The second kappa shape index (κ2) is 16.3. The fourth-order valence-electron chi connectivity index (χ4n) is 10.1. The number of imide groups is 2. The van der Waals surface area contributed by atoms with Gasteiger partial charge in [0.25, 0.3) is 0 Å². The lowest BCUT2D eigenvalue weighted by Gasteiger charge is -2.49. The van der Waals surface area contributed by atoms with Crippen molar-refractivity contribution in [1.82, 2.24) is 0 Å². The minimum absolute atomic E-state index is 0.149. The van der Waals surface area contributed by atoms with E-state index < -0.39 is 46.8 Å². The van der Waals surface area contributed by atoms with Crippen LogP contribution in [0.25, 0.3) is 6.08 Å². The van der Waals surface area contributed by atoms with E-state index in [0.717, 1.165) is 11.3 Å². The van der Waals surface area contributed by atoms with E-state index in [1.807, 2.05) is 91.8 Å². The number of anilines is 3. The molecule has 4 aliphatic rings. The molecule has 4 amide bonds. The van der Waals surface area contributed by atoms with E-state index in [4.69, 9.17) is 21.1 Å². The van der Waals surface area contributed by atoms with Crippen LogP contribution in [-0.4, -0.2) is 57.1 Å². The summed E-state index contributed by atoms with van der Waals surface area (Å²) in [5.41, 5.74) is 3.63. The van der Waals surface area contributed by atoms with Crippen LogP contribution in [0.5, 0.6) is 17.2 Å². The Morgan fingerprint density at radius 3 is 2.02 bits per heavy atom. The number of methoxy groups -OCH3 is 2. The van der Waals surface area contributed by atoms with Crippen molar-refractivity contribution in [2.75, 3.05) is 43.0 Å². The lowest BCUT2D eigenvalue weighted by molar-refractivity contribution is -0.128. The zero-order valence-electron chi connectivity index (χ0n) is 35.0. The standard InChI is InChI=1S/C50H44ClN5O7/c1-54(2)34-18-14-32(15-19-34)52-53-33-16-20-35(21-17-33)55-46(58)38-23-22-37-39(44(38)48(55)60)28-41-47(59)56(36-12-8-11-31(51)27-36)49(61)50(41,30-9-6-5-7-10-30)40(37)24-13-29-25-42(62-3)45(57)43(26-29)63-4/h5-22,24-27,38-41,44,57H,23,28H2,1-4H3. The normalized spacial score (nSPS) is 24.1. The van der Waals surface area contributed by atoms with Crippen molar-refractivity contribution in [3.8, 4) is 17.2 Å². The van der Waals surface area contributed by atoms with Gasteiger partial charge in [-0.2, -0.15) is 10.2 Å². The fraction of sp³-hybridized carbons (Fsp3) is 0.240. The number of nitrogens with zero attached hydrogens (tertiary/aromatic N) is 5. The van der Waals surface area contributed by atoms with Crippen LogP contribution in [0.1, 0.15) is 24.0 Å². The molecule has 0 spiro atoms. The van der Waals surface area contributed by atoms with E-state index in [1.54, 1.807) is 60.7 Å². The van der Waals surface area contributed by atoms with Gasteiger partial charge in [-0.15, -0.1) is 0 Å². The quantitative estimate of drug-likeness (QED) is 0.0832. The van der Waals surface area contributed by atoms with Gasteiger partial charge < -0.3 is 19.5 Å². The number of carbonyl (C=O) groups is 4. The molecular formula is C50H44ClN5O7. The first-order valence-electron chi connectivity index (χ1n) is 20.7. The molecule has 6 atom stereocenters. The molecular weight excluding hydrogens is 818 g/mol. The van der Waals surface area contributed by atoms with Crippen LogP contribution in [0, 0.1) is 29.6 Å². The summed E-state index contributed by atoms with van der Waals surface area (Å²) in [4.78, 5) is 64.2. The average Bonchev–Trinajstić information content (AvgIpc) is 3.69. The zero-order valence-corrected chi connectivity index (χ0v) is 35.8. The Morgan fingerprint density at radius 2 is 1.40 bits per heavy atom. The highest BCUT2D eigenvalue weighted by molar-refractivity contribution is 6.32. The maximum atomic E-state index is 15.5. The summed E-state index contributed by atoms with van der Waals surface area (Å²) in [7, 11) is 6.80. The third-order valence-electron chi connectivity index (χ3n) is 13.0. The third kappa shape index (κ3) is 6.85. The first kappa shape index (κ1) is 41.3. The number of phenols is 1. The van der Waals surface area contributed by atoms with Crippen LogP contribution in [0.15, 0.2) is 143 Å². The second-order valence-corrected chi connectivity index (χ2v) is 16.8. The Morgan fingerprint density at radius 1 is 0.746 bits per heavy atom. The summed E-state index contributed by atoms with van der Waals surface area (Å²) in [6, 6.07) is 33.7. The van der Waals surface area contributed by atoms with Gasteiger partial charge in [-0.25, -0.2) is 4.90 Å². The highest BCUT2D eigenvalue weighted by atomic mass is 35.5. The molecule has 2 aliphatic heterocycles. The van der Waals surface area contributed by atoms with Gasteiger partial charge in [0.2, 0.25) is 29.4 Å². The van der Waals surface area contributed by atoms with Gasteiger partial charge in [0.15, 0.2) is 11.5 Å². The van der Waals surface area contributed by atoms with E-state index in [9.17, 15) is 14.7 Å². The fourth-order valence-corrected chi connectivity index (χ4v) is 10.2. The van der Waals surface area contributed by atoms with Crippen molar-refractivity contribution in [3.63, 3.8) is 0 Å². The molecule has 0 bridgehead atoms. The van der Waals surface area contributed by atoms with Crippen molar-refractivity contribution >= 4 is 69.7 Å². The Bertz CT molecular complexity index is 2710. The molecule has 2 aliphatic carbocycles. The molecule has 5 aromatic carbocycles. The van der Waals surface area contributed by atoms with E-state index in [-0.39, 0.29) is 41.9 Å². The number of aromatic hydroxyl groups is 1. The van der Waals surface area contributed by atoms with E-state index in [0.29, 0.717) is 38.9 Å². The molecule has 318 valence electrons. The Balaban J connectivity index is 1.12. The van der Waals surface area contributed by atoms with E-state index >= 15 is 9.59 Å². The molecule has 2 heterocycles. The molecule has 12 nitrogen and oxygen atoms in total. The lowest BCUT2D eigenvalue weighted by Crippen LogP contribution is -2.54. The first-order chi connectivity index (χ1) is 30.5. The molecule has 0 aromatic heterocycles. The monoisotopic (exact) mass is 861 g/mol. The summed E-state index contributed by atoms with van der Waals surface area (Å²) in [5.74, 6) is -5.00. The number of amides is 4. The van der Waals surface area contributed by atoms with Gasteiger partial charge in [0.1, 0.15) is 0 Å². The largest absolute Gasteiger partial charge is 0.502 e. The van der Waals surface area contributed by atoms with Crippen LogP contribution in [-0.2, 0) is 24.6 Å². The number of benzene rings is 5. The van der Waals surface area contributed by atoms with Crippen molar-refractivity contribution < 1.29 is 33.8 Å². The van der Waals surface area contributed by atoms with E-state index in [2.05, 4.69) is 10.2 Å². The third-order valence-corrected chi connectivity index (χ3v) is 13.2. The predicted molar refractivity (Wildman–Crippen MR) is 241 cm³/mol. The molecule has 9 rings (SSSR count). The van der Waals surface area contributed by atoms with Gasteiger partial charge in [0, 0.05) is 30.7 Å². The Kier molecular flexibility index (Phi) is 10.7. The molecule has 6 unspecified atom stereocenters. The number of allylic oxidation sites excluding steroid dienone is 3. The summed E-state index contributed by atoms with van der Waals surface area (Å²) < 4.78 is 10.9. The number of ether oxygens (including phenoxy) is 2. The lowest BCUT2D eigenvalue weighted by atomic mass is 9.50. The number of rotatable bonds is 10. The maximum absolute atomic E-state index is 15.5. The van der Waals surface area contributed by atoms with Gasteiger partial charge in [0.05, 0.1) is 60.1 Å². The number of carbonyl (C=O) groups excluding carboxylic acids is 4. The molecule has 63 heavy (non-hydrogen) atoms. The molecule has 3 fully saturated rings. The number of azo groups is 1. The highest BCUT2D eigenvalue weighted by Crippen LogP contribution is 2.62. The van der Waals surface area contributed by atoms with Crippen LogP contribution < -0.4 is 24.2 Å². The maximum Gasteiger partial charge on any atom is 0.246 e. The molecule has 1 saturated carbocycles. The molecule has 13 heteroatoms. The summed E-state index contributed by atoms with van der Waals surface area (Å²) >= 11 is 6.45. The van der Waals surface area contributed by atoms with Crippen LogP contribution >= 0.6 is 11.6 Å². The molecule has 0 radical (unpaired) electrons. The van der Waals surface area contributed by atoms with Crippen molar-refractivity contribution in [2.24, 2.45) is 39.8 Å². The number of hydrogen-bond donors (Lipinski definition) is 1. The number of phenolic OH excluding ortho intramolecular Hbond substituents is 1. The molecule has 2 saturated heterocycles. The number of fused-ring (bicyclic) bond motifs is 4. The smallest absolute Gasteiger partial charge is 0.246 e. The van der Waals surface area contributed by atoms with Gasteiger partial charge in [-0.3, -0.25) is 24.1 Å². The van der Waals surface area contributed by atoms with Crippen molar-refractivity contribution in [3.05, 3.63) is 149 Å². The summed E-state index contributed by atoms with van der Waals surface area (Å²) in [6.45, 7) is 0. The minimum atomic E-state index is -1.44. The topological polar surface area (TPSA) is 141 Å². The van der Waals surface area contributed by atoms with Crippen LogP contribution in [0.4, 0.5) is 28.4 Å². The van der Waals surface area contributed by atoms with Crippen molar-refractivity contribution in [2.45, 2.75) is 18.3 Å². The van der Waals surface area contributed by atoms with Crippen LogP contribution in [0.3, 0.4) is 0 Å². The van der Waals surface area contributed by atoms with Gasteiger partial charge in [-0.1, -0.05) is 71.8 Å². The average molecular weight is 862 g/mol. The SMILES string of the molecule is COc1cc(C=CC2C3=CCC4C(=O)N(c5ccc(N=Nc6ccc(N(C)C)cc6)cc5)C(=O)C4C3CC3C(=O)N(c4cccc(Cl)c4)C(=O)C23c2ccccc2)cc(OC)c1O.